The number of piperazine rings is 1. The number of anilines is 2. The minimum absolute atomic E-state index is 0.0867. The van der Waals surface area contributed by atoms with Crippen molar-refractivity contribution in [3.8, 4) is 23.0 Å². The van der Waals surface area contributed by atoms with Gasteiger partial charge in [-0.2, -0.15) is 0 Å². The van der Waals surface area contributed by atoms with Crippen molar-refractivity contribution in [3.63, 3.8) is 0 Å². The Labute approximate surface area is 217 Å². The maximum atomic E-state index is 14.0. The standard InChI is InChI=1S/C29H33N3O5/c1-34-25-11-10-20(17-24(25)30)16-23(21-18-26(35-2)28(37-4)27(19-21)36-3)29(33)32-14-12-31(13-15-32)22-8-6-5-7-9-22/h5-11,16-19H,12-15,30H2,1-4H3/b23-16+. The van der Waals surface area contributed by atoms with Crippen LogP contribution in [0.5, 0.6) is 23.0 Å². The molecule has 0 bridgehead atoms. The smallest absolute Gasteiger partial charge is 0.254 e. The minimum Gasteiger partial charge on any atom is -0.495 e. The molecule has 1 aliphatic heterocycles. The molecular weight excluding hydrogens is 470 g/mol. The second-order valence-corrected chi connectivity index (χ2v) is 8.59. The largest absolute Gasteiger partial charge is 0.495 e. The quantitative estimate of drug-likeness (QED) is 0.280. The molecule has 37 heavy (non-hydrogen) atoms. The number of carbonyl (C=O) groups excluding carboxylic acids is 1. The molecule has 3 aromatic rings. The van der Waals surface area contributed by atoms with Crippen LogP contribution in [0.2, 0.25) is 0 Å². The number of carbonyl (C=O) groups is 1. The van der Waals surface area contributed by atoms with Gasteiger partial charge in [0.05, 0.1) is 34.1 Å². The van der Waals surface area contributed by atoms with Gasteiger partial charge in [0.2, 0.25) is 5.75 Å². The first kappa shape index (κ1) is 25.8. The lowest BCUT2D eigenvalue weighted by atomic mass is 9.99. The molecule has 8 heteroatoms. The van der Waals surface area contributed by atoms with Crippen LogP contribution in [-0.2, 0) is 4.79 Å². The van der Waals surface area contributed by atoms with Crippen LogP contribution < -0.4 is 29.6 Å². The Bertz CT molecular complexity index is 1240. The Morgan fingerprint density at radius 2 is 1.41 bits per heavy atom. The molecule has 1 fully saturated rings. The number of benzene rings is 3. The van der Waals surface area contributed by atoms with E-state index in [-0.39, 0.29) is 5.91 Å². The molecule has 8 nitrogen and oxygen atoms in total. The molecule has 1 saturated heterocycles. The number of hydrogen-bond acceptors (Lipinski definition) is 7. The summed E-state index contributed by atoms with van der Waals surface area (Å²) in [6, 6.07) is 19.3. The van der Waals surface area contributed by atoms with Gasteiger partial charge in [0.25, 0.3) is 5.91 Å². The zero-order valence-electron chi connectivity index (χ0n) is 21.7. The van der Waals surface area contributed by atoms with Gasteiger partial charge in [-0.25, -0.2) is 0 Å². The number of para-hydroxylation sites is 1. The molecule has 3 aromatic carbocycles. The number of amides is 1. The Kier molecular flexibility index (Phi) is 8.08. The molecule has 0 saturated carbocycles. The van der Waals surface area contributed by atoms with E-state index >= 15 is 0 Å². The molecule has 0 radical (unpaired) electrons. The highest BCUT2D eigenvalue weighted by atomic mass is 16.5. The zero-order valence-corrected chi connectivity index (χ0v) is 21.7. The van der Waals surface area contributed by atoms with Gasteiger partial charge in [-0.15, -0.1) is 0 Å². The lowest BCUT2D eigenvalue weighted by Gasteiger charge is -2.36. The van der Waals surface area contributed by atoms with E-state index in [1.807, 2.05) is 35.2 Å². The van der Waals surface area contributed by atoms with Crippen molar-refractivity contribution < 1.29 is 23.7 Å². The summed E-state index contributed by atoms with van der Waals surface area (Å²) in [6.45, 7) is 2.68. The topological polar surface area (TPSA) is 86.5 Å². The number of nitrogen functional groups attached to an aromatic ring is 1. The number of ether oxygens (including phenoxy) is 4. The van der Waals surface area contributed by atoms with E-state index in [4.69, 9.17) is 24.7 Å². The van der Waals surface area contributed by atoms with Crippen molar-refractivity contribution in [2.45, 2.75) is 0 Å². The molecule has 0 spiro atoms. The molecule has 194 valence electrons. The third-order valence-electron chi connectivity index (χ3n) is 6.46. The first-order valence-corrected chi connectivity index (χ1v) is 12.0. The predicted molar refractivity (Wildman–Crippen MR) is 147 cm³/mol. The van der Waals surface area contributed by atoms with Crippen LogP contribution in [0.25, 0.3) is 11.6 Å². The third kappa shape index (κ3) is 5.58. The van der Waals surface area contributed by atoms with Gasteiger partial charge >= 0.3 is 0 Å². The van der Waals surface area contributed by atoms with Crippen molar-refractivity contribution in [1.82, 2.24) is 4.90 Å². The summed E-state index contributed by atoms with van der Waals surface area (Å²) in [6.07, 6.45) is 1.84. The van der Waals surface area contributed by atoms with Gasteiger partial charge in [0.1, 0.15) is 5.75 Å². The van der Waals surface area contributed by atoms with Gasteiger partial charge < -0.3 is 34.5 Å². The molecule has 1 heterocycles. The zero-order chi connectivity index (χ0) is 26.4. The summed E-state index contributed by atoms with van der Waals surface area (Å²) >= 11 is 0. The lowest BCUT2D eigenvalue weighted by molar-refractivity contribution is -0.125. The second kappa shape index (κ2) is 11.6. The van der Waals surface area contributed by atoms with Gasteiger partial charge in [-0.3, -0.25) is 4.79 Å². The van der Waals surface area contributed by atoms with Crippen LogP contribution in [0.15, 0.2) is 60.7 Å². The molecule has 0 aliphatic carbocycles. The summed E-state index contributed by atoms with van der Waals surface area (Å²) in [7, 11) is 6.23. The highest BCUT2D eigenvalue weighted by molar-refractivity contribution is 6.24. The normalized spacial score (nSPS) is 13.8. The lowest BCUT2D eigenvalue weighted by Crippen LogP contribution is -2.49. The van der Waals surface area contributed by atoms with Crippen molar-refractivity contribution in [1.29, 1.82) is 0 Å². The molecule has 2 N–H and O–H groups in total. The summed E-state index contributed by atoms with van der Waals surface area (Å²) in [4.78, 5) is 18.1. The van der Waals surface area contributed by atoms with Crippen LogP contribution in [0.4, 0.5) is 11.4 Å². The van der Waals surface area contributed by atoms with Gasteiger partial charge in [0.15, 0.2) is 11.5 Å². The molecule has 1 amide bonds. The van der Waals surface area contributed by atoms with Crippen LogP contribution in [0.3, 0.4) is 0 Å². The molecule has 0 aromatic heterocycles. The van der Waals surface area contributed by atoms with Crippen LogP contribution >= 0.6 is 0 Å². The Morgan fingerprint density at radius 3 is 1.95 bits per heavy atom. The molecule has 4 rings (SSSR count). The first-order valence-electron chi connectivity index (χ1n) is 12.0. The second-order valence-electron chi connectivity index (χ2n) is 8.59. The number of nitrogens with zero attached hydrogens (tertiary/aromatic N) is 2. The average molecular weight is 504 g/mol. The number of rotatable bonds is 8. The van der Waals surface area contributed by atoms with Crippen LogP contribution in [0, 0.1) is 0 Å². The van der Waals surface area contributed by atoms with Crippen LogP contribution in [-0.4, -0.2) is 65.4 Å². The predicted octanol–water partition coefficient (Wildman–Crippen LogP) is 4.19. The SMILES string of the molecule is COc1ccc(/C=C(/C(=O)N2CCN(c3ccccc3)CC2)c2cc(OC)c(OC)c(OC)c2)cc1N. The van der Waals surface area contributed by atoms with E-state index in [0.29, 0.717) is 52.9 Å². The van der Waals surface area contributed by atoms with Crippen LogP contribution in [0.1, 0.15) is 11.1 Å². The average Bonchev–Trinajstić information content (AvgIpc) is 2.95. The summed E-state index contributed by atoms with van der Waals surface area (Å²) in [5.41, 5.74) is 9.73. The van der Waals surface area contributed by atoms with Crippen molar-refractivity contribution >= 4 is 28.9 Å². The highest BCUT2D eigenvalue weighted by Crippen LogP contribution is 2.41. The van der Waals surface area contributed by atoms with Gasteiger partial charge in [0, 0.05) is 37.4 Å². The van der Waals surface area contributed by atoms with E-state index in [0.717, 1.165) is 24.3 Å². The van der Waals surface area contributed by atoms with E-state index in [1.165, 1.54) is 0 Å². The first-order chi connectivity index (χ1) is 18.0. The number of nitrogens with two attached hydrogens (primary N) is 1. The monoisotopic (exact) mass is 503 g/mol. The fourth-order valence-electron chi connectivity index (χ4n) is 4.49. The van der Waals surface area contributed by atoms with E-state index in [9.17, 15) is 4.79 Å². The molecule has 0 atom stereocenters. The van der Waals surface area contributed by atoms with Gasteiger partial charge in [-0.1, -0.05) is 24.3 Å². The van der Waals surface area contributed by atoms with E-state index < -0.39 is 0 Å². The van der Waals surface area contributed by atoms with Crippen molar-refractivity contribution in [3.05, 3.63) is 71.8 Å². The fraction of sp³-hybridized carbons (Fsp3) is 0.276. The Morgan fingerprint density at radius 1 is 0.784 bits per heavy atom. The number of hydrogen-bond donors (Lipinski definition) is 1. The maximum absolute atomic E-state index is 14.0. The Hall–Kier alpha value is -4.33. The third-order valence-corrected chi connectivity index (χ3v) is 6.46. The summed E-state index contributed by atoms with van der Waals surface area (Å²) in [5, 5.41) is 0. The van der Waals surface area contributed by atoms with E-state index in [2.05, 4.69) is 17.0 Å². The fourth-order valence-corrected chi connectivity index (χ4v) is 4.49. The summed E-state index contributed by atoms with van der Waals surface area (Å²) < 4.78 is 21.9. The minimum atomic E-state index is -0.0867. The van der Waals surface area contributed by atoms with Gasteiger partial charge in [-0.05, 0) is 53.6 Å². The maximum Gasteiger partial charge on any atom is 0.254 e. The Balaban J connectivity index is 1.71. The highest BCUT2D eigenvalue weighted by Gasteiger charge is 2.26. The van der Waals surface area contributed by atoms with E-state index in [1.54, 1.807) is 52.7 Å². The summed E-state index contributed by atoms with van der Waals surface area (Å²) in [5.74, 6) is 1.90. The van der Waals surface area contributed by atoms with Crippen molar-refractivity contribution in [2.24, 2.45) is 0 Å². The molecule has 0 unspecified atom stereocenters. The number of methoxy groups -OCH3 is 4. The molecular formula is C29H33N3O5. The van der Waals surface area contributed by atoms with Crippen molar-refractivity contribution in [2.75, 3.05) is 65.3 Å². The molecule has 1 aliphatic rings.